The van der Waals surface area contributed by atoms with Gasteiger partial charge < -0.3 is 10.6 Å². The van der Waals surface area contributed by atoms with Gasteiger partial charge in [0.25, 0.3) is 5.91 Å². The van der Waals surface area contributed by atoms with Crippen molar-refractivity contribution in [3.8, 4) is 5.69 Å². The van der Waals surface area contributed by atoms with Crippen molar-refractivity contribution in [2.45, 2.75) is 0 Å². The summed E-state index contributed by atoms with van der Waals surface area (Å²) in [6, 6.07) is 17.9. The van der Waals surface area contributed by atoms with Crippen LogP contribution < -0.4 is 10.6 Å². The summed E-state index contributed by atoms with van der Waals surface area (Å²) in [5, 5.41) is 9.50. The zero-order chi connectivity index (χ0) is 16.8. The Morgan fingerprint density at radius 1 is 1.00 bits per heavy atom. The molecule has 0 fully saturated rings. The number of hydrogen-bond acceptors (Lipinski definition) is 3. The van der Waals surface area contributed by atoms with E-state index in [0.29, 0.717) is 11.3 Å². The monoisotopic (exact) mass is 320 g/mol. The highest BCUT2D eigenvalue weighted by atomic mass is 16.2. The zero-order valence-corrected chi connectivity index (χ0v) is 12.8. The van der Waals surface area contributed by atoms with Crippen LogP contribution in [0.25, 0.3) is 5.69 Å². The van der Waals surface area contributed by atoms with Crippen LogP contribution in [0.1, 0.15) is 10.4 Å². The van der Waals surface area contributed by atoms with E-state index in [-0.39, 0.29) is 18.4 Å². The van der Waals surface area contributed by atoms with Crippen molar-refractivity contribution in [3.63, 3.8) is 0 Å². The second-order valence-electron chi connectivity index (χ2n) is 5.10. The van der Waals surface area contributed by atoms with Crippen molar-refractivity contribution in [3.05, 3.63) is 78.6 Å². The Morgan fingerprint density at radius 2 is 1.83 bits per heavy atom. The first-order valence-corrected chi connectivity index (χ1v) is 7.45. The Morgan fingerprint density at radius 3 is 2.58 bits per heavy atom. The molecule has 3 rings (SSSR count). The van der Waals surface area contributed by atoms with E-state index in [1.165, 1.54) is 0 Å². The maximum atomic E-state index is 12.0. The van der Waals surface area contributed by atoms with Crippen molar-refractivity contribution >= 4 is 17.5 Å². The lowest BCUT2D eigenvalue weighted by Gasteiger charge is -2.08. The standard InChI is InChI=1S/C18H16N4O2/c23-17(13-19-18(24)14-6-2-1-3-7-14)21-15-8-4-9-16(12-15)22-11-5-10-20-22/h1-12H,13H2,(H,19,24)(H,21,23). The van der Waals surface area contributed by atoms with Gasteiger partial charge in [-0.05, 0) is 36.4 Å². The lowest BCUT2D eigenvalue weighted by atomic mass is 10.2. The fraction of sp³-hybridized carbons (Fsp3) is 0.0556. The molecule has 2 N–H and O–H groups in total. The summed E-state index contributed by atoms with van der Waals surface area (Å²) in [4.78, 5) is 23.9. The van der Waals surface area contributed by atoms with E-state index >= 15 is 0 Å². The van der Waals surface area contributed by atoms with Crippen LogP contribution >= 0.6 is 0 Å². The SMILES string of the molecule is O=C(CNC(=O)c1ccccc1)Nc1cccc(-n2cccn2)c1. The van der Waals surface area contributed by atoms with Gasteiger partial charge in [0.2, 0.25) is 5.91 Å². The summed E-state index contributed by atoms with van der Waals surface area (Å²) in [6.45, 7) is -0.0975. The lowest BCUT2D eigenvalue weighted by Crippen LogP contribution is -2.32. The molecule has 2 amide bonds. The fourth-order valence-corrected chi connectivity index (χ4v) is 2.21. The molecule has 0 unspecified atom stereocenters. The van der Waals surface area contributed by atoms with Crippen molar-refractivity contribution in [1.29, 1.82) is 0 Å². The van der Waals surface area contributed by atoms with E-state index in [4.69, 9.17) is 0 Å². The number of rotatable bonds is 5. The highest BCUT2D eigenvalue weighted by Gasteiger charge is 2.08. The topological polar surface area (TPSA) is 76.0 Å². The van der Waals surface area contributed by atoms with Gasteiger partial charge in [0.05, 0.1) is 12.2 Å². The summed E-state index contributed by atoms with van der Waals surface area (Å²) < 4.78 is 1.70. The average molecular weight is 320 g/mol. The van der Waals surface area contributed by atoms with E-state index < -0.39 is 0 Å². The largest absolute Gasteiger partial charge is 0.343 e. The fourth-order valence-electron chi connectivity index (χ4n) is 2.21. The number of nitrogens with zero attached hydrogens (tertiary/aromatic N) is 2. The molecule has 0 atom stereocenters. The molecule has 3 aromatic rings. The molecule has 0 bridgehead atoms. The van der Waals surface area contributed by atoms with Gasteiger partial charge in [-0.25, -0.2) is 4.68 Å². The molecular weight excluding hydrogens is 304 g/mol. The summed E-state index contributed by atoms with van der Waals surface area (Å²) in [5.74, 6) is -0.576. The summed E-state index contributed by atoms with van der Waals surface area (Å²) in [6.07, 6.45) is 3.51. The highest BCUT2D eigenvalue weighted by molar-refractivity contribution is 5.99. The molecule has 0 aliphatic rings. The van der Waals surface area contributed by atoms with Crippen LogP contribution in [0.15, 0.2) is 73.1 Å². The minimum Gasteiger partial charge on any atom is -0.343 e. The maximum absolute atomic E-state index is 12.0. The number of benzene rings is 2. The Kier molecular flexibility index (Phi) is 4.67. The zero-order valence-electron chi connectivity index (χ0n) is 12.8. The molecule has 6 heteroatoms. The number of hydrogen-bond donors (Lipinski definition) is 2. The molecule has 0 radical (unpaired) electrons. The Hall–Kier alpha value is -3.41. The van der Waals surface area contributed by atoms with Crippen molar-refractivity contribution in [2.24, 2.45) is 0 Å². The molecule has 1 heterocycles. The van der Waals surface area contributed by atoms with E-state index in [2.05, 4.69) is 15.7 Å². The van der Waals surface area contributed by atoms with Gasteiger partial charge in [-0.15, -0.1) is 0 Å². The van der Waals surface area contributed by atoms with Crippen LogP contribution in [0, 0.1) is 0 Å². The Labute approximate surface area is 139 Å². The predicted octanol–water partition coefficient (Wildman–Crippen LogP) is 2.24. The highest BCUT2D eigenvalue weighted by Crippen LogP contribution is 2.13. The number of carbonyl (C=O) groups excluding carboxylic acids is 2. The third kappa shape index (κ3) is 3.86. The van der Waals surface area contributed by atoms with Crippen molar-refractivity contribution < 1.29 is 9.59 Å². The quantitative estimate of drug-likeness (QED) is 0.757. The van der Waals surface area contributed by atoms with Gasteiger partial charge >= 0.3 is 0 Å². The molecule has 0 saturated carbocycles. The minimum atomic E-state index is -0.295. The van der Waals surface area contributed by atoms with Crippen molar-refractivity contribution in [2.75, 3.05) is 11.9 Å². The van der Waals surface area contributed by atoms with Crippen LogP contribution in [0.4, 0.5) is 5.69 Å². The number of nitrogens with one attached hydrogen (secondary N) is 2. The molecule has 6 nitrogen and oxygen atoms in total. The second kappa shape index (κ2) is 7.23. The summed E-state index contributed by atoms with van der Waals surface area (Å²) >= 11 is 0. The molecular formula is C18H16N4O2. The predicted molar refractivity (Wildman–Crippen MR) is 91.0 cm³/mol. The molecule has 2 aromatic carbocycles. The van der Waals surface area contributed by atoms with Gasteiger partial charge in [0, 0.05) is 23.6 Å². The molecule has 0 aliphatic carbocycles. The van der Waals surface area contributed by atoms with Crippen LogP contribution in [0.5, 0.6) is 0 Å². The first-order chi connectivity index (χ1) is 11.7. The van der Waals surface area contributed by atoms with Gasteiger partial charge in [-0.2, -0.15) is 5.10 Å². The van der Waals surface area contributed by atoms with Crippen LogP contribution in [-0.2, 0) is 4.79 Å². The Balaban J connectivity index is 1.57. The Bertz CT molecular complexity index is 829. The summed E-state index contributed by atoms with van der Waals surface area (Å²) in [7, 11) is 0. The molecule has 24 heavy (non-hydrogen) atoms. The first kappa shape index (κ1) is 15.5. The van der Waals surface area contributed by atoms with Crippen LogP contribution in [-0.4, -0.2) is 28.1 Å². The maximum Gasteiger partial charge on any atom is 0.251 e. The molecule has 0 spiro atoms. The number of carbonyl (C=O) groups is 2. The third-order valence-corrected chi connectivity index (χ3v) is 3.34. The van der Waals surface area contributed by atoms with E-state index in [1.807, 2.05) is 36.5 Å². The lowest BCUT2D eigenvalue weighted by molar-refractivity contribution is -0.115. The second-order valence-corrected chi connectivity index (χ2v) is 5.10. The smallest absolute Gasteiger partial charge is 0.251 e. The van der Waals surface area contributed by atoms with Gasteiger partial charge in [-0.1, -0.05) is 24.3 Å². The van der Waals surface area contributed by atoms with Gasteiger partial charge in [0.15, 0.2) is 0 Å². The normalized spacial score (nSPS) is 10.2. The van der Waals surface area contributed by atoms with E-state index in [9.17, 15) is 9.59 Å². The minimum absolute atomic E-state index is 0.0975. The summed E-state index contributed by atoms with van der Waals surface area (Å²) in [5.41, 5.74) is 2.00. The average Bonchev–Trinajstić information content (AvgIpc) is 3.15. The van der Waals surface area contributed by atoms with Crippen molar-refractivity contribution in [1.82, 2.24) is 15.1 Å². The third-order valence-electron chi connectivity index (χ3n) is 3.34. The number of anilines is 1. The van der Waals surface area contributed by atoms with E-state index in [0.717, 1.165) is 5.69 Å². The van der Waals surface area contributed by atoms with E-state index in [1.54, 1.807) is 41.2 Å². The first-order valence-electron chi connectivity index (χ1n) is 7.45. The van der Waals surface area contributed by atoms with Crippen LogP contribution in [0.3, 0.4) is 0 Å². The number of amides is 2. The number of aromatic nitrogens is 2. The van der Waals surface area contributed by atoms with Gasteiger partial charge in [0.1, 0.15) is 0 Å². The molecule has 0 saturated heterocycles. The van der Waals surface area contributed by atoms with Crippen LogP contribution in [0.2, 0.25) is 0 Å². The molecule has 1 aromatic heterocycles. The molecule has 0 aliphatic heterocycles. The van der Waals surface area contributed by atoms with Gasteiger partial charge in [-0.3, -0.25) is 9.59 Å². The molecule has 120 valence electrons.